The standard InChI is InChI=1S/C28H44O7/c1-18(2)8-7-13-32-25-14-20(4)23(34-21(25)5)11-9-19(3)10-12-24-27(30)28(17-33-28)16-22(35-24)15-26(29)31-6/h7-10,12,18,20-25,27,30H,11,13-17H2,1-6H3/b8-7-,12-10+,19-9+/t20-,21+,22+,23-,24+,25+,27+,28+/m0/s1. The Morgan fingerprint density at radius 2 is 2.00 bits per heavy atom. The van der Waals surface area contributed by atoms with Crippen molar-refractivity contribution in [3.63, 3.8) is 0 Å². The van der Waals surface area contributed by atoms with Gasteiger partial charge in [0.15, 0.2) is 0 Å². The van der Waals surface area contributed by atoms with Crippen LogP contribution in [0.5, 0.6) is 0 Å². The van der Waals surface area contributed by atoms with Crippen molar-refractivity contribution in [1.29, 1.82) is 0 Å². The Kier molecular flexibility index (Phi) is 10.1. The molecule has 0 radical (unpaired) electrons. The number of epoxide rings is 1. The number of carbonyl (C=O) groups is 1. The molecular weight excluding hydrogens is 448 g/mol. The summed E-state index contributed by atoms with van der Waals surface area (Å²) in [6.07, 6.45) is 11.4. The van der Waals surface area contributed by atoms with E-state index in [9.17, 15) is 9.90 Å². The molecule has 3 aliphatic heterocycles. The lowest BCUT2D eigenvalue weighted by Gasteiger charge is -2.38. The van der Waals surface area contributed by atoms with E-state index in [4.69, 9.17) is 23.7 Å². The molecule has 3 heterocycles. The van der Waals surface area contributed by atoms with Crippen LogP contribution in [-0.2, 0) is 28.5 Å². The number of allylic oxidation sites excluding steroid dienone is 3. The maximum absolute atomic E-state index is 11.7. The molecule has 0 unspecified atom stereocenters. The Balaban J connectivity index is 1.50. The lowest BCUT2D eigenvalue weighted by molar-refractivity contribution is -0.157. The highest BCUT2D eigenvalue weighted by molar-refractivity contribution is 5.69. The van der Waals surface area contributed by atoms with Crippen LogP contribution in [0, 0.1) is 11.8 Å². The zero-order valence-electron chi connectivity index (χ0n) is 22.1. The predicted octanol–water partition coefficient (Wildman–Crippen LogP) is 4.14. The van der Waals surface area contributed by atoms with Gasteiger partial charge in [-0.3, -0.25) is 4.79 Å². The fourth-order valence-corrected chi connectivity index (χ4v) is 4.89. The van der Waals surface area contributed by atoms with Crippen molar-refractivity contribution in [3.05, 3.63) is 36.0 Å². The van der Waals surface area contributed by atoms with E-state index in [1.807, 2.05) is 19.1 Å². The van der Waals surface area contributed by atoms with Crippen LogP contribution in [0.4, 0.5) is 0 Å². The van der Waals surface area contributed by atoms with Crippen molar-refractivity contribution in [3.8, 4) is 0 Å². The molecule has 3 fully saturated rings. The van der Waals surface area contributed by atoms with Crippen LogP contribution in [-0.4, -0.2) is 73.6 Å². The third kappa shape index (κ3) is 7.99. The maximum atomic E-state index is 11.7. The van der Waals surface area contributed by atoms with Crippen LogP contribution < -0.4 is 0 Å². The number of carbonyl (C=O) groups excluding carboxylic acids is 1. The smallest absolute Gasteiger partial charge is 0.308 e. The van der Waals surface area contributed by atoms with Crippen LogP contribution in [0.25, 0.3) is 0 Å². The monoisotopic (exact) mass is 492 g/mol. The molecule has 1 spiro atoms. The minimum absolute atomic E-state index is 0.0557. The van der Waals surface area contributed by atoms with Gasteiger partial charge in [-0.1, -0.05) is 56.7 Å². The summed E-state index contributed by atoms with van der Waals surface area (Å²) < 4.78 is 28.7. The van der Waals surface area contributed by atoms with E-state index < -0.39 is 17.8 Å². The molecule has 1 N–H and O–H groups in total. The Morgan fingerprint density at radius 3 is 2.66 bits per heavy atom. The van der Waals surface area contributed by atoms with Crippen molar-refractivity contribution >= 4 is 5.97 Å². The third-order valence-electron chi connectivity index (χ3n) is 7.21. The fourth-order valence-electron chi connectivity index (χ4n) is 4.89. The molecule has 198 valence electrons. The van der Waals surface area contributed by atoms with Gasteiger partial charge in [-0.25, -0.2) is 0 Å². The summed E-state index contributed by atoms with van der Waals surface area (Å²) in [4.78, 5) is 11.7. The van der Waals surface area contributed by atoms with Gasteiger partial charge in [0.1, 0.15) is 17.8 Å². The number of rotatable bonds is 10. The Labute approximate surface area is 210 Å². The van der Waals surface area contributed by atoms with Gasteiger partial charge in [0.25, 0.3) is 0 Å². The molecule has 0 bridgehead atoms. The lowest BCUT2D eigenvalue weighted by Crippen LogP contribution is -2.50. The normalized spacial score (nSPS) is 38.1. The molecule has 0 aliphatic carbocycles. The molecule has 8 atom stereocenters. The molecule has 0 aromatic rings. The van der Waals surface area contributed by atoms with Gasteiger partial charge in [0.2, 0.25) is 0 Å². The number of aliphatic hydroxyl groups excluding tert-OH is 1. The Morgan fingerprint density at radius 1 is 1.26 bits per heavy atom. The first-order chi connectivity index (χ1) is 16.6. The van der Waals surface area contributed by atoms with E-state index in [-0.39, 0.29) is 36.8 Å². The average Bonchev–Trinajstić information content (AvgIpc) is 3.58. The summed E-state index contributed by atoms with van der Waals surface area (Å²) in [5.41, 5.74) is 0.469. The summed E-state index contributed by atoms with van der Waals surface area (Å²) in [6, 6.07) is 0. The predicted molar refractivity (Wildman–Crippen MR) is 134 cm³/mol. The van der Waals surface area contributed by atoms with Gasteiger partial charge in [-0.15, -0.1) is 0 Å². The summed E-state index contributed by atoms with van der Waals surface area (Å²) in [5, 5.41) is 10.7. The molecule has 0 aromatic carbocycles. The first-order valence-corrected chi connectivity index (χ1v) is 13.0. The number of hydrogen-bond donors (Lipinski definition) is 1. The zero-order chi connectivity index (χ0) is 25.6. The largest absolute Gasteiger partial charge is 0.469 e. The number of methoxy groups -OCH3 is 1. The second-order valence-electron chi connectivity index (χ2n) is 10.7. The van der Waals surface area contributed by atoms with Gasteiger partial charge >= 0.3 is 5.97 Å². The second-order valence-corrected chi connectivity index (χ2v) is 10.7. The van der Waals surface area contributed by atoms with Crippen LogP contribution in [0.3, 0.4) is 0 Å². The minimum Gasteiger partial charge on any atom is -0.469 e. The Hall–Kier alpha value is -1.51. The van der Waals surface area contributed by atoms with Crippen molar-refractivity contribution in [2.24, 2.45) is 11.8 Å². The van der Waals surface area contributed by atoms with Crippen LogP contribution in [0.2, 0.25) is 0 Å². The second kappa shape index (κ2) is 12.6. The van der Waals surface area contributed by atoms with E-state index >= 15 is 0 Å². The van der Waals surface area contributed by atoms with Gasteiger partial charge in [-0.05, 0) is 38.5 Å². The van der Waals surface area contributed by atoms with Gasteiger partial charge in [0, 0.05) is 6.42 Å². The van der Waals surface area contributed by atoms with E-state index in [0.717, 1.165) is 18.4 Å². The van der Waals surface area contributed by atoms with Crippen molar-refractivity contribution in [2.45, 2.75) is 103 Å². The van der Waals surface area contributed by atoms with Crippen molar-refractivity contribution < 1.29 is 33.6 Å². The highest BCUT2D eigenvalue weighted by atomic mass is 16.6. The third-order valence-corrected chi connectivity index (χ3v) is 7.21. The number of esters is 1. The molecular formula is C28H44O7. The number of ether oxygens (including phenoxy) is 5. The highest BCUT2D eigenvalue weighted by Gasteiger charge is 2.58. The first kappa shape index (κ1) is 28.1. The van der Waals surface area contributed by atoms with Gasteiger partial charge in [0.05, 0.1) is 51.2 Å². The number of aliphatic hydroxyl groups is 1. The van der Waals surface area contributed by atoms with E-state index in [0.29, 0.717) is 31.5 Å². The SMILES string of the molecule is COC(=O)C[C@@H]1C[C@@]2(CO2)[C@H](O)[C@@H](/C=C/C(C)=C/C[C@@H]2O[C@H](C)[C@H](OC/C=C\C(C)C)C[C@@H]2C)O1. The maximum Gasteiger partial charge on any atom is 0.308 e. The average molecular weight is 493 g/mol. The Bertz CT molecular complexity index is 782. The summed E-state index contributed by atoms with van der Waals surface area (Å²) >= 11 is 0. The van der Waals surface area contributed by atoms with Crippen molar-refractivity contribution in [2.75, 3.05) is 20.3 Å². The lowest BCUT2D eigenvalue weighted by atomic mass is 9.87. The van der Waals surface area contributed by atoms with E-state index in [1.54, 1.807) is 0 Å². The molecule has 0 amide bonds. The quantitative estimate of drug-likeness (QED) is 0.212. The zero-order valence-corrected chi connectivity index (χ0v) is 22.1. The van der Waals surface area contributed by atoms with Crippen molar-refractivity contribution in [1.82, 2.24) is 0 Å². The first-order valence-electron chi connectivity index (χ1n) is 13.0. The number of hydrogen-bond acceptors (Lipinski definition) is 7. The van der Waals surface area contributed by atoms with Crippen LogP contribution >= 0.6 is 0 Å². The van der Waals surface area contributed by atoms with E-state index in [2.05, 4.69) is 45.9 Å². The molecule has 3 rings (SSSR count). The van der Waals surface area contributed by atoms with E-state index in [1.165, 1.54) is 7.11 Å². The summed E-state index contributed by atoms with van der Waals surface area (Å²) in [5.74, 6) is 0.604. The van der Waals surface area contributed by atoms with Gasteiger partial charge in [-0.2, -0.15) is 0 Å². The molecule has 7 nitrogen and oxygen atoms in total. The van der Waals surface area contributed by atoms with Gasteiger partial charge < -0.3 is 28.8 Å². The fraction of sp³-hybridized carbons (Fsp3) is 0.750. The topological polar surface area (TPSA) is 86.8 Å². The highest BCUT2D eigenvalue weighted by Crippen LogP contribution is 2.43. The summed E-state index contributed by atoms with van der Waals surface area (Å²) in [7, 11) is 1.37. The molecule has 0 aromatic heterocycles. The molecule has 35 heavy (non-hydrogen) atoms. The van der Waals surface area contributed by atoms with Crippen LogP contribution in [0.1, 0.15) is 60.3 Å². The molecule has 7 heteroatoms. The van der Waals surface area contributed by atoms with Crippen LogP contribution in [0.15, 0.2) is 36.0 Å². The molecule has 3 saturated heterocycles. The molecule has 0 saturated carbocycles. The summed E-state index contributed by atoms with van der Waals surface area (Å²) in [6.45, 7) is 11.8. The minimum atomic E-state index is -0.754. The molecule has 3 aliphatic rings.